The van der Waals surface area contributed by atoms with Crippen LogP contribution < -0.4 is 5.56 Å². The number of halogens is 2. The van der Waals surface area contributed by atoms with Crippen LogP contribution in [0.25, 0.3) is 22.1 Å². The van der Waals surface area contributed by atoms with Crippen molar-refractivity contribution in [1.82, 2.24) is 9.88 Å². The van der Waals surface area contributed by atoms with Crippen molar-refractivity contribution in [3.63, 3.8) is 0 Å². The van der Waals surface area contributed by atoms with Crippen molar-refractivity contribution in [3.05, 3.63) is 58.2 Å². The molecule has 1 amide bonds. The van der Waals surface area contributed by atoms with Gasteiger partial charge in [-0.05, 0) is 35.2 Å². The Balaban J connectivity index is 1.85. The van der Waals surface area contributed by atoms with E-state index in [1.54, 1.807) is 24.4 Å². The van der Waals surface area contributed by atoms with Gasteiger partial charge < -0.3 is 14.3 Å². The molecule has 1 aliphatic rings. The zero-order valence-electron chi connectivity index (χ0n) is 17.2. The quantitative estimate of drug-likeness (QED) is 0.645. The summed E-state index contributed by atoms with van der Waals surface area (Å²) in [5.74, 6) is -3.06. The number of hydrogen-bond donors (Lipinski definition) is 1. The van der Waals surface area contributed by atoms with E-state index in [1.807, 2.05) is 26.8 Å². The highest BCUT2D eigenvalue weighted by Gasteiger charge is 2.36. The van der Waals surface area contributed by atoms with Gasteiger partial charge in [0.25, 0.3) is 17.4 Å². The smallest absolute Gasteiger partial charge is 0.257 e. The predicted molar refractivity (Wildman–Crippen MR) is 111 cm³/mol. The average Bonchev–Trinajstić information content (AvgIpc) is 3.10. The van der Waals surface area contributed by atoms with Gasteiger partial charge in [0.05, 0.1) is 5.56 Å². The molecular weight excluding hydrogens is 390 g/mol. The van der Waals surface area contributed by atoms with Gasteiger partial charge in [-0.3, -0.25) is 9.59 Å². The first-order valence-corrected chi connectivity index (χ1v) is 9.98. The number of hydrogen-bond acceptors (Lipinski definition) is 3. The molecule has 4 rings (SSSR count). The van der Waals surface area contributed by atoms with Crippen LogP contribution >= 0.6 is 0 Å². The maximum Gasteiger partial charge on any atom is 0.257 e. The van der Waals surface area contributed by atoms with Crippen molar-refractivity contribution >= 4 is 16.9 Å². The molecule has 0 spiro atoms. The first-order valence-electron chi connectivity index (χ1n) is 9.98. The molecule has 30 heavy (non-hydrogen) atoms. The molecule has 1 N–H and O–H groups in total. The number of furan rings is 1. The summed E-state index contributed by atoms with van der Waals surface area (Å²) in [5, 5.41) is 0.586. The van der Waals surface area contributed by atoms with E-state index < -0.39 is 5.92 Å². The van der Waals surface area contributed by atoms with Crippen molar-refractivity contribution < 1.29 is 18.0 Å². The Bertz CT molecular complexity index is 1160. The summed E-state index contributed by atoms with van der Waals surface area (Å²) in [7, 11) is 0. The van der Waals surface area contributed by atoms with E-state index in [1.165, 1.54) is 11.2 Å². The molecule has 0 atom stereocenters. The van der Waals surface area contributed by atoms with Crippen molar-refractivity contribution in [1.29, 1.82) is 0 Å². The summed E-state index contributed by atoms with van der Waals surface area (Å²) in [4.78, 5) is 29.6. The van der Waals surface area contributed by atoms with Crippen LogP contribution in [0.5, 0.6) is 0 Å². The fourth-order valence-electron chi connectivity index (χ4n) is 3.87. The van der Waals surface area contributed by atoms with Gasteiger partial charge in [-0.15, -0.1) is 0 Å². The number of likely N-dealkylation sites (tertiary alicyclic amines) is 1. The van der Waals surface area contributed by atoms with Gasteiger partial charge >= 0.3 is 0 Å². The van der Waals surface area contributed by atoms with Crippen LogP contribution in [0.2, 0.25) is 0 Å². The van der Waals surface area contributed by atoms with Crippen molar-refractivity contribution in [2.75, 3.05) is 13.1 Å². The number of H-pyrrole nitrogens is 1. The van der Waals surface area contributed by atoms with Crippen molar-refractivity contribution in [2.24, 2.45) is 0 Å². The first-order chi connectivity index (χ1) is 14.1. The second-order valence-corrected chi connectivity index (χ2v) is 8.86. The third kappa shape index (κ3) is 3.64. The molecule has 0 saturated carbocycles. The Labute approximate surface area is 172 Å². The third-order valence-corrected chi connectivity index (χ3v) is 5.62. The number of aromatic nitrogens is 1. The molecule has 1 saturated heterocycles. The molecule has 3 heterocycles. The van der Waals surface area contributed by atoms with E-state index in [4.69, 9.17) is 4.42 Å². The van der Waals surface area contributed by atoms with Crippen LogP contribution in [-0.2, 0) is 5.41 Å². The van der Waals surface area contributed by atoms with Crippen LogP contribution in [0.4, 0.5) is 8.78 Å². The van der Waals surface area contributed by atoms with Gasteiger partial charge in [0, 0.05) is 48.6 Å². The Morgan fingerprint density at radius 3 is 2.53 bits per heavy atom. The number of nitrogens with one attached hydrogen (secondary N) is 1. The normalized spacial score (nSPS) is 16.8. The number of rotatable bonds is 2. The number of aromatic amines is 1. The summed E-state index contributed by atoms with van der Waals surface area (Å²) < 4.78 is 32.8. The zero-order chi connectivity index (χ0) is 21.7. The second kappa shape index (κ2) is 7.07. The summed E-state index contributed by atoms with van der Waals surface area (Å²) in [5.41, 5.74) is 2.39. The molecule has 5 nitrogen and oxygen atoms in total. The predicted octanol–water partition coefficient (Wildman–Crippen LogP) is 4.96. The SMILES string of the molecule is CC(C)(C)c1cc(-c2ccc[nH]c2=O)cc2c(C(=O)N3CCC(F)(F)CC3)coc12. The molecule has 3 aromatic rings. The van der Waals surface area contributed by atoms with E-state index in [0.29, 0.717) is 27.7 Å². The molecule has 1 fully saturated rings. The number of piperidine rings is 1. The third-order valence-electron chi connectivity index (χ3n) is 5.62. The lowest BCUT2D eigenvalue weighted by Gasteiger charge is -2.31. The number of nitrogens with zero attached hydrogens (tertiary/aromatic N) is 1. The lowest BCUT2D eigenvalue weighted by molar-refractivity contribution is -0.0494. The second-order valence-electron chi connectivity index (χ2n) is 8.86. The topological polar surface area (TPSA) is 66.3 Å². The largest absolute Gasteiger partial charge is 0.463 e. The Morgan fingerprint density at radius 2 is 1.90 bits per heavy atom. The Kier molecular flexibility index (Phi) is 4.79. The molecule has 158 valence electrons. The molecule has 0 unspecified atom stereocenters. The molecule has 2 aromatic heterocycles. The standard InChI is InChI=1S/C23H24F2N2O3/c1-22(2,3)18-12-14(15-5-4-8-26-20(15)28)11-16-17(13-30-19(16)18)21(29)27-9-6-23(24,25)7-10-27/h4-5,8,11-13H,6-7,9-10H2,1-3H3,(H,26,28). The highest BCUT2D eigenvalue weighted by atomic mass is 19.3. The molecule has 1 aromatic carbocycles. The number of benzene rings is 1. The zero-order valence-corrected chi connectivity index (χ0v) is 17.2. The summed E-state index contributed by atoms with van der Waals surface area (Å²) in [6, 6.07) is 7.14. The fraction of sp³-hybridized carbons (Fsp3) is 0.391. The molecule has 0 radical (unpaired) electrons. The maximum absolute atomic E-state index is 13.5. The summed E-state index contributed by atoms with van der Waals surface area (Å²) in [6.07, 6.45) is 2.28. The minimum atomic E-state index is -2.73. The number of fused-ring (bicyclic) bond motifs is 1. The van der Waals surface area contributed by atoms with E-state index in [9.17, 15) is 18.4 Å². The number of pyridine rings is 1. The van der Waals surface area contributed by atoms with Crippen LogP contribution in [0.15, 0.2) is 45.9 Å². The lowest BCUT2D eigenvalue weighted by atomic mass is 9.84. The number of alkyl halides is 2. The van der Waals surface area contributed by atoms with Gasteiger partial charge in [0.2, 0.25) is 0 Å². The van der Waals surface area contributed by atoms with Crippen LogP contribution in [0, 0.1) is 0 Å². The van der Waals surface area contributed by atoms with E-state index in [-0.39, 0.29) is 42.8 Å². The molecule has 7 heteroatoms. The number of amides is 1. The first kappa shape index (κ1) is 20.3. The number of carbonyl (C=O) groups is 1. The molecule has 1 aliphatic heterocycles. The average molecular weight is 414 g/mol. The fourth-order valence-corrected chi connectivity index (χ4v) is 3.87. The summed E-state index contributed by atoms with van der Waals surface area (Å²) in [6.45, 7) is 6.08. The number of carbonyl (C=O) groups excluding carboxylic acids is 1. The molecule has 0 aliphatic carbocycles. The lowest BCUT2D eigenvalue weighted by Crippen LogP contribution is -2.42. The van der Waals surface area contributed by atoms with Gasteiger partial charge in [0.1, 0.15) is 11.8 Å². The minimum absolute atomic E-state index is 0.00266. The Morgan fingerprint density at radius 1 is 1.20 bits per heavy atom. The van der Waals surface area contributed by atoms with E-state index in [2.05, 4.69) is 4.98 Å². The van der Waals surface area contributed by atoms with Gasteiger partial charge in [-0.1, -0.05) is 20.8 Å². The van der Waals surface area contributed by atoms with Gasteiger partial charge in [-0.2, -0.15) is 0 Å². The molecule has 0 bridgehead atoms. The molecular formula is C23H24F2N2O3. The van der Waals surface area contributed by atoms with Crippen molar-refractivity contribution in [2.45, 2.75) is 45.0 Å². The van der Waals surface area contributed by atoms with E-state index >= 15 is 0 Å². The highest BCUT2D eigenvalue weighted by Crippen LogP contribution is 2.37. The summed E-state index contributed by atoms with van der Waals surface area (Å²) >= 11 is 0. The van der Waals surface area contributed by atoms with Gasteiger partial charge in [0.15, 0.2) is 0 Å². The monoisotopic (exact) mass is 414 g/mol. The van der Waals surface area contributed by atoms with E-state index in [0.717, 1.165) is 5.56 Å². The minimum Gasteiger partial charge on any atom is -0.463 e. The van der Waals surface area contributed by atoms with Crippen LogP contribution in [0.3, 0.4) is 0 Å². The van der Waals surface area contributed by atoms with Crippen LogP contribution in [-0.4, -0.2) is 34.8 Å². The van der Waals surface area contributed by atoms with Crippen LogP contribution in [0.1, 0.15) is 49.5 Å². The van der Waals surface area contributed by atoms with Crippen molar-refractivity contribution in [3.8, 4) is 11.1 Å². The Hall–Kier alpha value is -2.96. The maximum atomic E-state index is 13.5. The van der Waals surface area contributed by atoms with Gasteiger partial charge in [-0.25, -0.2) is 8.78 Å². The highest BCUT2D eigenvalue weighted by molar-refractivity contribution is 6.07.